The normalized spacial score (nSPS) is 20.1. The van der Waals surface area contributed by atoms with E-state index in [1.807, 2.05) is 53.1 Å². The van der Waals surface area contributed by atoms with Crippen LogP contribution in [-0.2, 0) is 11.3 Å². The number of aromatic amines is 1. The first-order valence-electron chi connectivity index (χ1n) is 10.4. The van der Waals surface area contributed by atoms with Gasteiger partial charge in [-0.05, 0) is 31.0 Å². The van der Waals surface area contributed by atoms with Crippen LogP contribution in [0.4, 0.5) is 0 Å². The SMILES string of the molecule is O=C(C1CCCN1Cc1nc2sc(-c3ccccc3)cc2c(=O)[nH]1)N1CCSCC1. The van der Waals surface area contributed by atoms with E-state index in [9.17, 15) is 9.59 Å². The lowest BCUT2D eigenvalue weighted by Gasteiger charge is -2.32. The van der Waals surface area contributed by atoms with Crippen LogP contribution in [0.1, 0.15) is 18.7 Å². The fourth-order valence-corrected chi connectivity index (χ4v) is 6.24. The highest BCUT2D eigenvalue weighted by Crippen LogP contribution is 2.31. The van der Waals surface area contributed by atoms with E-state index in [4.69, 9.17) is 4.98 Å². The minimum Gasteiger partial charge on any atom is -0.340 e. The van der Waals surface area contributed by atoms with Crippen molar-refractivity contribution in [2.45, 2.75) is 25.4 Å². The van der Waals surface area contributed by atoms with Crippen molar-refractivity contribution in [3.63, 3.8) is 0 Å². The quantitative estimate of drug-likeness (QED) is 0.675. The topological polar surface area (TPSA) is 69.3 Å². The zero-order valence-electron chi connectivity index (χ0n) is 16.7. The first-order chi connectivity index (χ1) is 14.7. The van der Waals surface area contributed by atoms with E-state index >= 15 is 0 Å². The summed E-state index contributed by atoms with van der Waals surface area (Å²) in [6, 6.07) is 11.9. The Hall–Kier alpha value is -2.16. The maximum Gasteiger partial charge on any atom is 0.259 e. The number of amides is 1. The summed E-state index contributed by atoms with van der Waals surface area (Å²) in [6.45, 7) is 3.04. The van der Waals surface area contributed by atoms with E-state index in [2.05, 4.69) is 9.88 Å². The third kappa shape index (κ3) is 3.91. The number of carbonyl (C=O) groups excluding carboxylic acids is 1. The molecule has 2 aromatic heterocycles. The molecule has 0 saturated carbocycles. The van der Waals surface area contributed by atoms with Gasteiger partial charge in [-0.25, -0.2) is 4.98 Å². The van der Waals surface area contributed by atoms with Crippen LogP contribution in [0.2, 0.25) is 0 Å². The standard InChI is InChI=1S/C22H24N4O2S2/c27-20-16-13-18(15-5-2-1-3-6-15)30-21(16)24-19(23-20)14-26-8-4-7-17(26)22(28)25-9-11-29-12-10-25/h1-3,5-6,13,17H,4,7-12,14H2,(H,23,24,27). The molecule has 2 aliphatic heterocycles. The van der Waals surface area contributed by atoms with E-state index < -0.39 is 0 Å². The Bertz CT molecular complexity index is 1110. The highest BCUT2D eigenvalue weighted by Gasteiger charge is 2.34. The first kappa shape index (κ1) is 19.8. The molecule has 4 heterocycles. The van der Waals surface area contributed by atoms with Gasteiger partial charge in [-0.15, -0.1) is 11.3 Å². The van der Waals surface area contributed by atoms with Crippen LogP contribution in [0.5, 0.6) is 0 Å². The second-order valence-electron chi connectivity index (χ2n) is 7.77. The summed E-state index contributed by atoms with van der Waals surface area (Å²) in [5.41, 5.74) is 0.981. The summed E-state index contributed by atoms with van der Waals surface area (Å²) in [5, 5.41) is 0.627. The van der Waals surface area contributed by atoms with Crippen LogP contribution in [0.3, 0.4) is 0 Å². The third-order valence-electron chi connectivity index (χ3n) is 5.83. The van der Waals surface area contributed by atoms with Gasteiger partial charge in [0.2, 0.25) is 5.91 Å². The molecule has 5 rings (SSSR count). The number of nitrogens with zero attached hydrogens (tertiary/aromatic N) is 3. The lowest BCUT2D eigenvalue weighted by molar-refractivity contribution is -0.135. The number of aromatic nitrogens is 2. The summed E-state index contributed by atoms with van der Waals surface area (Å²) in [5.74, 6) is 2.92. The molecule has 2 aliphatic rings. The number of likely N-dealkylation sites (tertiary alicyclic amines) is 1. The van der Waals surface area contributed by atoms with E-state index in [0.717, 1.165) is 59.3 Å². The summed E-state index contributed by atoms with van der Waals surface area (Å²) in [7, 11) is 0. The Morgan fingerprint density at radius 1 is 1.17 bits per heavy atom. The molecular weight excluding hydrogens is 416 g/mol. The van der Waals surface area contributed by atoms with Crippen molar-refractivity contribution < 1.29 is 4.79 Å². The van der Waals surface area contributed by atoms with Crippen LogP contribution >= 0.6 is 23.1 Å². The van der Waals surface area contributed by atoms with Gasteiger partial charge in [-0.1, -0.05) is 30.3 Å². The summed E-state index contributed by atoms with van der Waals surface area (Å²) < 4.78 is 0. The Morgan fingerprint density at radius 2 is 1.97 bits per heavy atom. The molecule has 2 saturated heterocycles. The number of hydrogen-bond acceptors (Lipinski definition) is 6. The number of benzene rings is 1. The molecule has 1 unspecified atom stereocenters. The zero-order chi connectivity index (χ0) is 20.5. The average Bonchev–Trinajstić information content (AvgIpc) is 3.42. The number of rotatable bonds is 4. The van der Waals surface area contributed by atoms with Crippen molar-refractivity contribution >= 4 is 39.2 Å². The van der Waals surface area contributed by atoms with Crippen LogP contribution < -0.4 is 5.56 Å². The van der Waals surface area contributed by atoms with Gasteiger partial charge in [0.05, 0.1) is 18.0 Å². The van der Waals surface area contributed by atoms with Gasteiger partial charge in [0.1, 0.15) is 10.7 Å². The van der Waals surface area contributed by atoms with E-state index in [0.29, 0.717) is 17.8 Å². The largest absolute Gasteiger partial charge is 0.340 e. The molecule has 2 fully saturated rings. The fourth-order valence-electron chi connectivity index (χ4n) is 4.28. The number of H-pyrrole nitrogens is 1. The number of thiophene rings is 1. The minimum atomic E-state index is -0.108. The molecule has 0 radical (unpaired) electrons. The summed E-state index contributed by atoms with van der Waals surface area (Å²) in [6.07, 6.45) is 1.88. The van der Waals surface area contributed by atoms with Gasteiger partial charge in [-0.2, -0.15) is 11.8 Å². The molecule has 1 N–H and O–H groups in total. The molecule has 1 aromatic carbocycles. The molecule has 0 aliphatic carbocycles. The van der Waals surface area contributed by atoms with Crippen molar-refractivity contribution in [2.75, 3.05) is 31.1 Å². The second kappa shape index (κ2) is 8.53. The summed E-state index contributed by atoms with van der Waals surface area (Å²) >= 11 is 3.45. The third-order valence-corrected chi connectivity index (χ3v) is 7.85. The second-order valence-corrected chi connectivity index (χ2v) is 10.0. The average molecular weight is 441 g/mol. The fraction of sp³-hybridized carbons (Fsp3) is 0.409. The smallest absolute Gasteiger partial charge is 0.259 e. The Morgan fingerprint density at radius 3 is 2.77 bits per heavy atom. The number of fused-ring (bicyclic) bond motifs is 1. The molecule has 0 bridgehead atoms. The van der Waals surface area contributed by atoms with Crippen molar-refractivity contribution in [3.05, 3.63) is 52.6 Å². The van der Waals surface area contributed by atoms with Gasteiger partial charge in [0, 0.05) is 29.5 Å². The minimum absolute atomic E-state index is 0.0997. The van der Waals surface area contributed by atoms with Gasteiger partial charge in [0.15, 0.2) is 0 Å². The highest BCUT2D eigenvalue weighted by molar-refractivity contribution is 7.99. The predicted octanol–water partition coefficient (Wildman–Crippen LogP) is 3.19. The van der Waals surface area contributed by atoms with Gasteiger partial charge < -0.3 is 9.88 Å². The molecule has 6 nitrogen and oxygen atoms in total. The highest BCUT2D eigenvalue weighted by atomic mass is 32.2. The predicted molar refractivity (Wildman–Crippen MR) is 123 cm³/mol. The molecule has 156 valence electrons. The Kier molecular flexibility index (Phi) is 5.62. The van der Waals surface area contributed by atoms with Crippen molar-refractivity contribution in [1.82, 2.24) is 19.8 Å². The number of carbonyl (C=O) groups is 1. The molecule has 0 spiro atoms. The van der Waals surface area contributed by atoms with Crippen LogP contribution in [0, 0.1) is 0 Å². The maximum absolute atomic E-state index is 13.0. The van der Waals surface area contributed by atoms with Crippen LogP contribution in [-0.4, -0.2) is 62.9 Å². The van der Waals surface area contributed by atoms with Crippen LogP contribution in [0.15, 0.2) is 41.2 Å². The van der Waals surface area contributed by atoms with Crippen molar-refractivity contribution in [2.24, 2.45) is 0 Å². The first-order valence-corrected chi connectivity index (χ1v) is 12.3. The number of nitrogens with one attached hydrogen (secondary N) is 1. The lowest BCUT2D eigenvalue weighted by Crippen LogP contribution is -2.48. The van der Waals surface area contributed by atoms with E-state index in [-0.39, 0.29) is 17.5 Å². The zero-order valence-corrected chi connectivity index (χ0v) is 18.3. The Labute approximate surface area is 183 Å². The maximum atomic E-state index is 13.0. The molecule has 1 atom stereocenters. The summed E-state index contributed by atoms with van der Waals surface area (Å²) in [4.78, 5) is 39.4. The number of thioether (sulfide) groups is 1. The molecule has 3 aromatic rings. The lowest BCUT2D eigenvalue weighted by atomic mass is 10.2. The van der Waals surface area contributed by atoms with Gasteiger partial charge in [-0.3, -0.25) is 14.5 Å². The van der Waals surface area contributed by atoms with Crippen molar-refractivity contribution in [1.29, 1.82) is 0 Å². The van der Waals surface area contributed by atoms with Gasteiger partial charge >= 0.3 is 0 Å². The number of hydrogen-bond donors (Lipinski definition) is 1. The van der Waals surface area contributed by atoms with Crippen molar-refractivity contribution in [3.8, 4) is 10.4 Å². The van der Waals surface area contributed by atoms with Crippen LogP contribution in [0.25, 0.3) is 20.7 Å². The van der Waals surface area contributed by atoms with E-state index in [1.54, 1.807) is 0 Å². The van der Waals surface area contributed by atoms with E-state index in [1.165, 1.54) is 11.3 Å². The molecule has 1 amide bonds. The van der Waals surface area contributed by atoms with Gasteiger partial charge in [0.25, 0.3) is 5.56 Å². The molecular formula is C22H24N4O2S2. The molecule has 8 heteroatoms. The Balaban J connectivity index is 1.38. The molecule has 30 heavy (non-hydrogen) atoms. The monoisotopic (exact) mass is 440 g/mol.